The molecule has 2 fully saturated rings. The van der Waals surface area contributed by atoms with Gasteiger partial charge in [0.15, 0.2) is 6.54 Å². The van der Waals surface area contributed by atoms with E-state index in [0.717, 1.165) is 38.0 Å². The van der Waals surface area contributed by atoms with Crippen molar-refractivity contribution in [2.24, 2.45) is 5.92 Å². The summed E-state index contributed by atoms with van der Waals surface area (Å²) in [6.45, 7) is 1.38. The highest BCUT2D eigenvalue weighted by Crippen LogP contribution is 2.44. The highest BCUT2D eigenvalue weighted by Gasteiger charge is 2.51. The number of piperidine rings is 1. The normalized spacial score (nSPS) is 34.5. The van der Waals surface area contributed by atoms with Crippen molar-refractivity contribution in [1.82, 2.24) is 0 Å². The zero-order chi connectivity index (χ0) is 15.6. The number of likely N-dealkylation sites (tertiary alicyclic amines) is 1. The number of nitrogens with zero attached hydrogens (tertiary/aromatic N) is 1. The van der Waals surface area contributed by atoms with Gasteiger partial charge in [-0.3, -0.25) is 0 Å². The van der Waals surface area contributed by atoms with Crippen LogP contribution < -0.4 is 9.64 Å². The maximum Gasteiger partial charge on any atom is 0.165 e. The molecule has 3 rings (SSSR count). The molecule has 22 heavy (non-hydrogen) atoms. The lowest BCUT2D eigenvalue weighted by Gasteiger charge is -2.49. The van der Waals surface area contributed by atoms with Gasteiger partial charge in [0.2, 0.25) is 0 Å². The number of methoxy groups -OCH3 is 1. The topological polar surface area (TPSA) is 57.7 Å². The van der Waals surface area contributed by atoms with Gasteiger partial charge in [-0.1, -0.05) is 12.8 Å². The van der Waals surface area contributed by atoms with Crippen LogP contribution in [0, 0.1) is 17.2 Å². The number of hydrogen-bond donors (Lipinski definition) is 2. The fraction of sp³-hybridized carbons (Fsp3) is 0.611. The number of aliphatic hydroxyl groups is 1. The maximum absolute atomic E-state index is 11.1. The summed E-state index contributed by atoms with van der Waals surface area (Å²) >= 11 is 0. The average molecular weight is 301 g/mol. The fourth-order valence-electron chi connectivity index (χ4n) is 4.43. The smallest absolute Gasteiger partial charge is 0.165 e. The van der Waals surface area contributed by atoms with E-state index in [1.807, 2.05) is 12.1 Å². The van der Waals surface area contributed by atoms with Gasteiger partial charge in [0.1, 0.15) is 17.9 Å². The molecule has 4 atom stereocenters. The van der Waals surface area contributed by atoms with Gasteiger partial charge in [0.25, 0.3) is 0 Å². The van der Waals surface area contributed by atoms with Gasteiger partial charge in [-0.2, -0.15) is 5.26 Å². The average Bonchev–Trinajstić information content (AvgIpc) is 2.55. The molecule has 0 amide bonds. The maximum atomic E-state index is 11.1. The van der Waals surface area contributed by atoms with Gasteiger partial charge in [-0.15, -0.1) is 0 Å². The van der Waals surface area contributed by atoms with E-state index in [9.17, 15) is 10.4 Å². The van der Waals surface area contributed by atoms with E-state index in [1.165, 1.54) is 16.9 Å². The molecule has 0 bridgehead atoms. The Balaban J connectivity index is 1.94. The number of hydrogen-bond acceptors (Lipinski definition) is 3. The molecule has 1 aromatic carbocycles. The van der Waals surface area contributed by atoms with Gasteiger partial charge in [-0.05, 0) is 37.1 Å². The van der Waals surface area contributed by atoms with E-state index in [4.69, 9.17) is 4.74 Å². The van der Waals surface area contributed by atoms with Gasteiger partial charge in [-0.25, -0.2) is 0 Å². The first-order chi connectivity index (χ1) is 10.7. The molecule has 1 aliphatic carbocycles. The summed E-state index contributed by atoms with van der Waals surface area (Å²) in [6, 6.07) is 10.7. The quantitative estimate of drug-likeness (QED) is 0.831. The number of fused-ring (bicyclic) bond motifs is 1. The lowest BCUT2D eigenvalue weighted by molar-refractivity contribution is -0.938. The molecule has 4 heteroatoms. The van der Waals surface area contributed by atoms with Crippen molar-refractivity contribution < 1.29 is 14.7 Å². The van der Waals surface area contributed by atoms with E-state index < -0.39 is 5.60 Å². The lowest BCUT2D eigenvalue weighted by atomic mass is 9.66. The molecule has 0 spiro atoms. The Labute approximate surface area is 132 Å². The first-order valence-corrected chi connectivity index (χ1v) is 8.26. The van der Waals surface area contributed by atoms with Gasteiger partial charge < -0.3 is 14.7 Å². The molecule has 0 radical (unpaired) electrons. The highest BCUT2D eigenvalue weighted by molar-refractivity contribution is 5.29. The van der Waals surface area contributed by atoms with E-state index in [0.29, 0.717) is 6.54 Å². The minimum Gasteiger partial charge on any atom is -0.497 e. The monoisotopic (exact) mass is 301 g/mol. The second kappa shape index (κ2) is 6.28. The largest absolute Gasteiger partial charge is 0.497 e. The standard InChI is InChI=1S/C18H24N2O2/c1-22-15-7-5-14(6-8-15)17-16-4-2-3-9-18(16,21)10-12-20(17)13-11-19/h5-8,16-17,21H,2-4,9-10,12-13H2,1H3/p+1/t16-,17+,18-/m1/s1. The second-order valence-corrected chi connectivity index (χ2v) is 6.70. The predicted octanol–water partition coefficient (Wildman–Crippen LogP) is 1.47. The van der Waals surface area contributed by atoms with Crippen LogP contribution in [-0.4, -0.2) is 30.9 Å². The zero-order valence-corrected chi connectivity index (χ0v) is 13.2. The third kappa shape index (κ3) is 2.71. The molecule has 118 valence electrons. The van der Waals surface area contributed by atoms with Crippen LogP contribution in [0.15, 0.2) is 24.3 Å². The van der Waals surface area contributed by atoms with Crippen LogP contribution in [0.5, 0.6) is 5.75 Å². The molecule has 1 saturated heterocycles. The van der Waals surface area contributed by atoms with Crippen molar-refractivity contribution in [1.29, 1.82) is 5.26 Å². The van der Waals surface area contributed by atoms with E-state index in [-0.39, 0.29) is 12.0 Å². The van der Waals surface area contributed by atoms with Crippen molar-refractivity contribution in [3.05, 3.63) is 29.8 Å². The Morgan fingerprint density at radius 3 is 2.77 bits per heavy atom. The Kier molecular flexibility index (Phi) is 4.37. The van der Waals surface area contributed by atoms with Crippen LogP contribution >= 0.6 is 0 Å². The van der Waals surface area contributed by atoms with Crippen LogP contribution in [0.2, 0.25) is 0 Å². The molecular formula is C18H25N2O2+. The van der Waals surface area contributed by atoms with Crippen LogP contribution in [0.1, 0.15) is 43.7 Å². The molecule has 0 aromatic heterocycles. The number of ether oxygens (including phenoxy) is 1. The highest BCUT2D eigenvalue weighted by atomic mass is 16.5. The molecule has 4 nitrogen and oxygen atoms in total. The van der Waals surface area contributed by atoms with E-state index >= 15 is 0 Å². The van der Waals surface area contributed by atoms with Crippen LogP contribution in [0.3, 0.4) is 0 Å². The van der Waals surface area contributed by atoms with E-state index in [1.54, 1.807) is 7.11 Å². The van der Waals surface area contributed by atoms with Crippen LogP contribution in [0.4, 0.5) is 0 Å². The SMILES string of the molecule is COc1ccc([C@H]2[C@H]3CCCC[C@@]3(O)CC[NH+]2CC#N)cc1. The molecule has 1 aromatic rings. The van der Waals surface area contributed by atoms with Crippen LogP contribution in [-0.2, 0) is 0 Å². The Morgan fingerprint density at radius 1 is 1.32 bits per heavy atom. The molecule has 1 unspecified atom stereocenters. The Bertz CT molecular complexity index is 551. The zero-order valence-electron chi connectivity index (χ0n) is 13.2. The summed E-state index contributed by atoms with van der Waals surface area (Å²) in [4.78, 5) is 1.30. The van der Waals surface area contributed by atoms with Gasteiger partial charge in [0, 0.05) is 17.9 Å². The molecule has 1 heterocycles. The number of quaternary nitrogens is 1. The molecule has 2 aliphatic rings. The van der Waals surface area contributed by atoms with Crippen molar-refractivity contribution >= 4 is 0 Å². The van der Waals surface area contributed by atoms with E-state index in [2.05, 4.69) is 18.2 Å². The first kappa shape index (κ1) is 15.3. The molecule has 2 N–H and O–H groups in total. The molecule has 1 saturated carbocycles. The fourth-order valence-corrected chi connectivity index (χ4v) is 4.43. The molecule has 1 aliphatic heterocycles. The van der Waals surface area contributed by atoms with Crippen molar-refractivity contribution in [2.75, 3.05) is 20.2 Å². The van der Waals surface area contributed by atoms with Crippen molar-refractivity contribution in [3.63, 3.8) is 0 Å². The van der Waals surface area contributed by atoms with Gasteiger partial charge >= 0.3 is 0 Å². The number of nitrogens with one attached hydrogen (secondary N) is 1. The number of nitriles is 1. The number of rotatable bonds is 3. The molecular weight excluding hydrogens is 276 g/mol. The third-order valence-electron chi connectivity index (χ3n) is 5.57. The summed E-state index contributed by atoms with van der Waals surface area (Å²) in [5.41, 5.74) is 0.679. The Morgan fingerprint density at radius 2 is 2.09 bits per heavy atom. The third-order valence-corrected chi connectivity index (χ3v) is 5.57. The lowest BCUT2D eigenvalue weighted by Crippen LogP contribution is -3.15. The van der Waals surface area contributed by atoms with Crippen LogP contribution in [0.25, 0.3) is 0 Å². The van der Waals surface area contributed by atoms with Crippen molar-refractivity contribution in [2.45, 2.75) is 43.7 Å². The summed E-state index contributed by atoms with van der Waals surface area (Å²) in [5, 5.41) is 20.3. The summed E-state index contributed by atoms with van der Waals surface area (Å²) in [6.07, 6.45) is 5.09. The predicted molar refractivity (Wildman–Crippen MR) is 83.6 cm³/mol. The number of benzene rings is 1. The minimum absolute atomic E-state index is 0.213. The first-order valence-electron chi connectivity index (χ1n) is 8.26. The van der Waals surface area contributed by atoms with Crippen molar-refractivity contribution in [3.8, 4) is 11.8 Å². The van der Waals surface area contributed by atoms with Gasteiger partial charge in [0.05, 0.1) is 19.3 Å². The second-order valence-electron chi connectivity index (χ2n) is 6.70. The summed E-state index contributed by atoms with van der Waals surface area (Å²) in [5.74, 6) is 1.10. The summed E-state index contributed by atoms with van der Waals surface area (Å²) in [7, 11) is 1.67. The summed E-state index contributed by atoms with van der Waals surface area (Å²) < 4.78 is 5.25. The minimum atomic E-state index is -0.540. The Hall–Kier alpha value is -1.57.